The second-order valence-electron chi connectivity index (χ2n) is 4.97. The van der Waals surface area contributed by atoms with E-state index in [2.05, 4.69) is 5.32 Å². The molecule has 116 valence electrons. The Labute approximate surface area is 124 Å². The maximum absolute atomic E-state index is 11.6. The zero-order valence-corrected chi connectivity index (χ0v) is 12.5. The van der Waals surface area contributed by atoms with E-state index >= 15 is 0 Å². The number of hydrogen-bond acceptors (Lipinski definition) is 5. The third kappa shape index (κ3) is 4.26. The molecule has 1 aromatic rings. The maximum Gasteiger partial charge on any atom is 0.223 e. The van der Waals surface area contributed by atoms with Crippen LogP contribution in [-0.4, -0.2) is 32.8 Å². The summed E-state index contributed by atoms with van der Waals surface area (Å²) in [7, 11) is 3.11. The Morgan fingerprint density at radius 3 is 2.38 bits per heavy atom. The fourth-order valence-corrected chi connectivity index (χ4v) is 1.97. The van der Waals surface area contributed by atoms with Gasteiger partial charge in [-0.05, 0) is 30.5 Å². The van der Waals surface area contributed by atoms with Crippen molar-refractivity contribution in [3.63, 3.8) is 0 Å². The van der Waals surface area contributed by atoms with Gasteiger partial charge in [0.15, 0.2) is 11.5 Å². The third-order valence-corrected chi connectivity index (χ3v) is 3.27. The molecule has 6 heteroatoms. The van der Waals surface area contributed by atoms with E-state index in [4.69, 9.17) is 19.9 Å². The smallest absolute Gasteiger partial charge is 0.223 e. The van der Waals surface area contributed by atoms with Crippen LogP contribution >= 0.6 is 0 Å². The van der Waals surface area contributed by atoms with Crippen molar-refractivity contribution in [1.29, 1.82) is 0 Å². The zero-order valence-electron chi connectivity index (χ0n) is 12.5. The van der Waals surface area contributed by atoms with Crippen molar-refractivity contribution < 1.29 is 19.0 Å². The number of benzene rings is 1. The molecule has 0 bridgehead atoms. The molecule has 0 unspecified atom stereocenters. The van der Waals surface area contributed by atoms with E-state index < -0.39 is 0 Å². The van der Waals surface area contributed by atoms with Crippen LogP contribution in [0, 0.1) is 0 Å². The lowest BCUT2D eigenvalue weighted by Crippen LogP contribution is -2.26. The lowest BCUT2D eigenvalue weighted by Gasteiger charge is -2.15. The molecule has 2 rings (SSSR count). The summed E-state index contributed by atoms with van der Waals surface area (Å²) in [6.45, 7) is 0.657. The molecule has 0 atom stereocenters. The molecule has 1 fully saturated rings. The van der Waals surface area contributed by atoms with Crippen LogP contribution in [0.2, 0.25) is 0 Å². The van der Waals surface area contributed by atoms with E-state index in [-0.39, 0.29) is 12.5 Å². The predicted octanol–water partition coefficient (Wildman–Crippen LogP) is 1.21. The molecule has 0 heterocycles. The molecule has 1 aliphatic rings. The largest absolute Gasteiger partial charge is 0.493 e. The monoisotopic (exact) mass is 294 g/mol. The van der Waals surface area contributed by atoms with Crippen molar-refractivity contribution in [3.8, 4) is 17.2 Å². The van der Waals surface area contributed by atoms with Crippen LogP contribution in [-0.2, 0) is 11.3 Å². The average molecular weight is 294 g/mol. The van der Waals surface area contributed by atoms with Crippen molar-refractivity contribution in [2.45, 2.75) is 31.8 Å². The number of hydrogen-bond donors (Lipinski definition) is 2. The third-order valence-electron chi connectivity index (χ3n) is 3.27. The van der Waals surface area contributed by atoms with Crippen LogP contribution in [0.1, 0.15) is 24.8 Å². The van der Waals surface area contributed by atoms with E-state index in [0.29, 0.717) is 36.3 Å². The first kappa shape index (κ1) is 15.4. The van der Waals surface area contributed by atoms with Gasteiger partial charge in [-0.15, -0.1) is 0 Å². The van der Waals surface area contributed by atoms with Gasteiger partial charge in [-0.1, -0.05) is 0 Å². The number of nitrogens with two attached hydrogens (primary N) is 1. The summed E-state index contributed by atoms with van der Waals surface area (Å²) in [4.78, 5) is 11.6. The van der Waals surface area contributed by atoms with Gasteiger partial charge in [0.05, 0.1) is 27.2 Å². The van der Waals surface area contributed by atoms with E-state index in [1.54, 1.807) is 14.2 Å². The molecule has 0 saturated heterocycles. The highest BCUT2D eigenvalue weighted by atomic mass is 16.5. The Balaban J connectivity index is 1.98. The van der Waals surface area contributed by atoms with Gasteiger partial charge in [-0.2, -0.15) is 0 Å². The first-order chi connectivity index (χ1) is 10.2. The summed E-state index contributed by atoms with van der Waals surface area (Å²) in [6, 6.07) is 3.98. The van der Waals surface area contributed by atoms with Crippen LogP contribution in [0.3, 0.4) is 0 Å². The minimum atomic E-state index is 0.00834. The van der Waals surface area contributed by atoms with Gasteiger partial charge in [0, 0.05) is 12.6 Å². The molecule has 1 amide bonds. The summed E-state index contributed by atoms with van der Waals surface area (Å²) >= 11 is 0. The Morgan fingerprint density at radius 2 is 1.90 bits per heavy atom. The number of carbonyl (C=O) groups excluding carboxylic acids is 1. The number of nitrogens with one attached hydrogen (secondary N) is 1. The van der Waals surface area contributed by atoms with Crippen LogP contribution in [0.25, 0.3) is 0 Å². The first-order valence-electron chi connectivity index (χ1n) is 7.05. The normalized spacial score (nSPS) is 13.7. The molecule has 1 aromatic carbocycles. The highest BCUT2D eigenvalue weighted by Crippen LogP contribution is 2.38. The van der Waals surface area contributed by atoms with Crippen molar-refractivity contribution in [2.75, 3.05) is 20.8 Å². The lowest BCUT2D eigenvalue weighted by atomic mass is 10.2. The topological polar surface area (TPSA) is 82.8 Å². The van der Waals surface area contributed by atoms with Gasteiger partial charge < -0.3 is 25.3 Å². The van der Waals surface area contributed by atoms with E-state index in [0.717, 1.165) is 18.4 Å². The predicted molar refractivity (Wildman–Crippen MR) is 78.7 cm³/mol. The molecule has 21 heavy (non-hydrogen) atoms. The van der Waals surface area contributed by atoms with Crippen molar-refractivity contribution in [2.24, 2.45) is 5.73 Å². The molecule has 0 radical (unpaired) electrons. The van der Waals surface area contributed by atoms with Crippen LogP contribution in [0.5, 0.6) is 17.2 Å². The van der Waals surface area contributed by atoms with Gasteiger partial charge in [0.25, 0.3) is 0 Å². The van der Waals surface area contributed by atoms with E-state index in [1.165, 1.54) is 0 Å². The molecular weight excluding hydrogens is 272 g/mol. The van der Waals surface area contributed by atoms with Crippen LogP contribution < -0.4 is 25.3 Å². The second-order valence-corrected chi connectivity index (χ2v) is 4.97. The lowest BCUT2D eigenvalue weighted by molar-refractivity contribution is -0.121. The second kappa shape index (κ2) is 7.17. The summed E-state index contributed by atoms with van der Waals surface area (Å²) < 4.78 is 16.3. The minimum Gasteiger partial charge on any atom is -0.493 e. The summed E-state index contributed by atoms with van der Waals surface area (Å²) in [5.41, 5.74) is 6.53. The van der Waals surface area contributed by atoms with Gasteiger partial charge in [0.2, 0.25) is 11.7 Å². The fraction of sp³-hybridized carbons (Fsp3) is 0.533. The minimum absolute atomic E-state index is 0.00834. The maximum atomic E-state index is 11.6. The highest BCUT2D eigenvalue weighted by Gasteiger charge is 2.23. The van der Waals surface area contributed by atoms with E-state index in [1.807, 2.05) is 12.1 Å². The van der Waals surface area contributed by atoms with Gasteiger partial charge >= 0.3 is 0 Å². The Kier molecular flexibility index (Phi) is 5.27. The Hall–Kier alpha value is -1.95. The fourth-order valence-electron chi connectivity index (χ4n) is 1.97. The number of methoxy groups -OCH3 is 2. The molecule has 1 saturated carbocycles. The molecule has 3 N–H and O–H groups in total. The van der Waals surface area contributed by atoms with Crippen LogP contribution in [0.15, 0.2) is 12.1 Å². The first-order valence-corrected chi connectivity index (χ1v) is 7.05. The molecule has 0 spiro atoms. The summed E-state index contributed by atoms with van der Waals surface area (Å²) in [6.07, 6.45) is 2.46. The number of amides is 1. The van der Waals surface area contributed by atoms with Crippen molar-refractivity contribution >= 4 is 5.91 Å². The van der Waals surface area contributed by atoms with Gasteiger partial charge in [-0.3, -0.25) is 4.79 Å². The average Bonchev–Trinajstić information content (AvgIpc) is 3.30. The Bertz CT molecular complexity index is 475. The van der Waals surface area contributed by atoms with Crippen molar-refractivity contribution in [3.05, 3.63) is 17.7 Å². The van der Waals surface area contributed by atoms with E-state index in [9.17, 15) is 4.79 Å². The number of rotatable bonds is 8. The van der Waals surface area contributed by atoms with Gasteiger partial charge in [-0.25, -0.2) is 0 Å². The zero-order chi connectivity index (χ0) is 15.2. The highest BCUT2D eigenvalue weighted by molar-refractivity contribution is 5.76. The number of ether oxygens (including phenoxy) is 3. The standard InChI is InChI=1S/C15H22N2O4/c1-19-12-7-10(9-16)8-13(20-2)15(12)21-6-5-14(18)17-11-3-4-11/h7-8,11H,3-6,9,16H2,1-2H3,(H,17,18). The van der Waals surface area contributed by atoms with Crippen LogP contribution in [0.4, 0.5) is 0 Å². The molecule has 0 aliphatic heterocycles. The van der Waals surface area contributed by atoms with Gasteiger partial charge in [0.1, 0.15) is 0 Å². The Morgan fingerprint density at radius 1 is 1.29 bits per heavy atom. The quantitative estimate of drug-likeness (QED) is 0.753. The molecule has 1 aliphatic carbocycles. The molecule has 0 aromatic heterocycles. The SMILES string of the molecule is COc1cc(CN)cc(OC)c1OCCC(=O)NC1CC1. The van der Waals surface area contributed by atoms with Crippen molar-refractivity contribution in [1.82, 2.24) is 5.32 Å². The molecule has 6 nitrogen and oxygen atoms in total. The summed E-state index contributed by atoms with van der Waals surface area (Å²) in [5, 5.41) is 2.92. The molecular formula is C15H22N2O4. The summed E-state index contributed by atoms with van der Waals surface area (Å²) in [5.74, 6) is 1.61. The number of carbonyl (C=O) groups is 1.